The summed E-state index contributed by atoms with van der Waals surface area (Å²) in [4.78, 5) is 12.3. The molecule has 0 aliphatic heterocycles. The highest BCUT2D eigenvalue weighted by Crippen LogP contribution is 2.28. The van der Waals surface area contributed by atoms with Crippen LogP contribution in [0, 0.1) is 6.92 Å². The number of nitrogens with one attached hydrogen (secondary N) is 1. The summed E-state index contributed by atoms with van der Waals surface area (Å²) >= 11 is 0. The number of ether oxygens (including phenoxy) is 2. The molecule has 0 radical (unpaired) electrons. The van der Waals surface area contributed by atoms with Gasteiger partial charge in [-0.05, 0) is 37.5 Å². The molecule has 4 heteroatoms. The summed E-state index contributed by atoms with van der Waals surface area (Å²) < 4.78 is 10.6. The van der Waals surface area contributed by atoms with E-state index in [2.05, 4.69) is 5.32 Å². The lowest BCUT2D eigenvalue weighted by Gasteiger charge is -2.16. The summed E-state index contributed by atoms with van der Waals surface area (Å²) in [6, 6.07) is 3.88. The molecule has 104 valence electrons. The zero-order valence-electron chi connectivity index (χ0n) is 11.8. The molecule has 1 aliphatic rings. The van der Waals surface area contributed by atoms with Crippen molar-refractivity contribution < 1.29 is 14.3 Å². The van der Waals surface area contributed by atoms with E-state index in [1.54, 1.807) is 20.3 Å². The largest absolute Gasteiger partial charge is 0.496 e. The van der Waals surface area contributed by atoms with Crippen LogP contribution in [-0.4, -0.2) is 26.2 Å². The molecule has 1 aromatic rings. The average molecular weight is 263 g/mol. The third-order valence-corrected chi connectivity index (χ3v) is 3.65. The second-order valence-corrected chi connectivity index (χ2v) is 4.98. The monoisotopic (exact) mass is 263 g/mol. The average Bonchev–Trinajstić information content (AvgIpc) is 2.91. The molecule has 0 heterocycles. The van der Waals surface area contributed by atoms with Gasteiger partial charge < -0.3 is 14.8 Å². The fraction of sp³-hybridized carbons (Fsp3) is 0.533. The summed E-state index contributed by atoms with van der Waals surface area (Å²) in [5, 5.41) is 3.07. The number of rotatable bonds is 4. The number of hydrogen-bond donors (Lipinski definition) is 1. The van der Waals surface area contributed by atoms with Crippen LogP contribution in [0.2, 0.25) is 0 Å². The zero-order valence-corrected chi connectivity index (χ0v) is 11.8. The van der Waals surface area contributed by atoms with E-state index in [1.165, 1.54) is 12.8 Å². The normalized spacial score (nSPS) is 15.3. The van der Waals surface area contributed by atoms with Crippen molar-refractivity contribution in [2.75, 3.05) is 14.2 Å². The number of methoxy groups -OCH3 is 2. The highest BCUT2D eigenvalue weighted by Gasteiger charge is 2.21. The van der Waals surface area contributed by atoms with Gasteiger partial charge in [0.2, 0.25) is 0 Å². The fourth-order valence-electron chi connectivity index (χ4n) is 2.56. The standard InChI is InChI=1S/C15H21NO3/c1-10-8-14(19-3)12(9-13(10)18-2)15(17)16-11-6-4-5-7-11/h8-9,11H,4-7H2,1-3H3,(H,16,17). The van der Waals surface area contributed by atoms with Gasteiger partial charge in [-0.1, -0.05) is 12.8 Å². The van der Waals surface area contributed by atoms with Gasteiger partial charge in [0.25, 0.3) is 5.91 Å². The maximum Gasteiger partial charge on any atom is 0.255 e. The van der Waals surface area contributed by atoms with Gasteiger partial charge in [-0.15, -0.1) is 0 Å². The van der Waals surface area contributed by atoms with Crippen molar-refractivity contribution >= 4 is 5.91 Å². The molecule has 1 fully saturated rings. The smallest absolute Gasteiger partial charge is 0.255 e. The number of carbonyl (C=O) groups excluding carboxylic acids is 1. The molecule has 1 aliphatic carbocycles. The fourth-order valence-corrected chi connectivity index (χ4v) is 2.56. The van der Waals surface area contributed by atoms with Gasteiger partial charge in [-0.2, -0.15) is 0 Å². The molecule has 0 spiro atoms. The van der Waals surface area contributed by atoms with E-state index < -0.39 is 0 Å². The highest BCUT2D eigenvalue weighted by atomic mass is 16.5. The molecule has 0 unspecified atom stereocenters. The van der Waals surface area contributed by atoms with E-state index in [-0.39, 0.29) is 5.91 Å². The topological polar surface area (TPSA) is 47.6 Å². The number of hydrogen-bond acceptors (Lipinski definition) is 3. The summed E-state index contributed by atoms with van der Waals surface area (Å²) in [7, 11) is 3.18. The predicted octanol–water partition coefficient (Wildman–Crippen LogP) is 2.68. The number of benzene rings is 1. The molecule has 0 atom stereocenters. The Bertz CT molecular complexity index is 465. The Morgan fingerprint density at radius 2 is 1.79 bits per heavy atom. The van der Waals surface area contributed by atoms with Crippen molar-refractivity contribution in [1.82, 2.24) is 5.32 Å². The van der Waals surface area contributed by atoms with E-state index in [0.29, 0.717) is 23.1 Å². The molecular formula is C15H21NO3. The Balaban J connectivity index is 2.23. The van der Waals surface area contributed by atoms with Crippen LogP contribution >= 0.6 is 0 Å². The number of aryl methyl sites for hydroxylation is 1. The number of amides is 1. The van der Waals surface area contributed by atoms with Gasteiger partial charge in [0.1, 0.15) is 11.5 Å². The van der Waals surface area contributed by atoms with Crippen LogP contribution < -0.4 is 14.8 Å². The van der Waals surface area contributed by atoms with Crippen molar-refractivity contribution in [1.29, 1.82) is 0 Å². The Morgan fingerprint density at radius 3 is 2.37 bits per heavy atom. The van der Waals surface area contributed by atoms with Gasteiger partial charge in [0, 0.05) is 6.04 Å². The minimum atomic E-state index is -0.0814. The van der Waals surface area contributed by atoms with Crippen LogP contribution in [0.4, 0.5) is 0 Å². The van der Waals surface area contributed by atoms with Crippen LogP contribution in [0.1, 0.15) is 41.6 Å². The lowest BCUT2D eigenvalue weighted by Crippen LogP contribution is -2.32. The van der Waals surface area contributed by atoms with Gasteiger partial charge in [0.05, 0.1) is 19.8 Å². The molecule has 1 saturated carbocycles. The van der Waals surface area contributed by atoms with E-state index in [1.807, 2.05) is 13.0 Å². The number of carbonyl (C=O) groups is 1. The van der Waals surface area contributed by atoms with E-state index >= 15 is 0 Å². The van der Waals surface area contributed by atoms with Crippen molar-refractivity contribution in [2.24, 2.45) is 0 Å². The van der Waals surface area contributed by atoms with Crippen molar-refractivity contribution in [2.45, 2.75) is 38.6 Å². The Hall–Kier alpha value is -1.71. The van der Waals surface area contributed by atoms with Crippen molar-refractivity contribution in [3.05, 3.63) is 23.3 Å². The summed E-state index contributed by atoms with van der Waals surface area (Å²) in [5.74, 6) is 1.22. The van der Waals surface area contributed by atoms with Gasteiger partial charge in [0.15, 0.2) is 0 Å². The minimum absolute atomic E-state index is 0.0814. The van der Waals surface area contributed by atoms with E-state index in [9.17, 15) is 4.79 Å². The first-order valence-corrected chi connectivity index (χ1v) is 6.69. The molecule has 2 rings (SSSR count). The lowest BCUT2D eigenvalue weighted by atomic mass is 10.1. The van der Waals surface area contributed by atoms with Gasteiger partial charge in [-0.3, -0.25) is 4.79 Å². The first kappa shape index (κ1) is 13.7. The third kappa shape index (κ3) is 3.00. The van der Waals surface area contributed by atoms with E-state index in [4.69, 9.17) is 9.47 Å². The van der Waals surface area contributed by atoms with Gasteiger partial charge >= 0.3 is 0 Å². The second kappa shape index (κ2) is 5.95. The maximum atomic E-state index is 12.3. The van der Waals surface area contributed by atoms with Crippen LogP contribution in [0.25, 0.3) is 0 Å². The van der Waals surface area contributed by atoms with Crippen molar-refractivity contribution in [3.63, 3.8) is 0 Å². The second-order valence-electron chi connectivity index (χ2n) is 4.98. The Labute approximate surface area is 114 Å². The lowest BCUT2D eigenvalue weighted by molar-refractivity contribution is 0.0934. The molecule has 0 aromatic heterocycles. The van der Waals surface area contributed by atoms with Crippen LogP contribution in [0.5, 0.6) is 11.5 Å². The summed E-state index contributed by atoms with van der Waals surface area (Å²) in [6.45, 7) is 1.93. The summed E-state index contributed by atoms with van der Waals surface area (Å²) in [5.41, 5.74) is 1.49. The maximum absolute atomic E-state index is 12.3. The molecule has 4 nitrogen and oxygen atoms in total. The Kier molecular flexibility index (Phi) is 4.30. The zero-order chi connectivity index (χ0) is 13.8. The van der Waals surface area contributed by atoms with E-state index in [0.717, 1.165) is 18.4 Å². The highest BCUT2D eigenvalue weighted by molar-refractivity contribution is 5.97. The van der Waals surface area contributed by atoms with Gasteiger partial charge in [-0.25, -0.2) is 0 Å². The first-order valence-electron chi connectivity index (χ1n) is 6.69. The molecule has 1 N–H and O–H groups in total. The van der Waals surface area contributed by atoms with Crippen LogP contribution in [0.3, 0.4) is 0 Å². The molecular weight excluding hydrogens is 242 g/mol. The minimum Gasteiger partial charge on any atom is -0.496 e. The molecule has 0 saturated heterocycles. The summed E-state index contributed by atoms with van der Waals surface area (Å²) in [6.07, 6.45) is 4.52. The molecule has 1 amide bonds. The first-order chi connectivity index (χ1) is 9.15. The Morgan fingerprint density at radius 1 is 1.16 bits per heavy atom. The third-order valence-electron chi connectivity index (χ3n) is 3.65. The van der Waals surface area contributed by atoms with Crippen LogP contribution in [0.15, 0.2) is 12.1 Å². The quantitative estimate of drug-likeness (QED) is 0.908. The van der Waals surface area contributed by atoms with Crippen molar-refractivity contribution in [3.8, 4) is 11.5 Å². The molecule has 1 aromatic carbocycles. The SMILES string of the molecule is COc1cc(C(=O)NC2CCCC2)c(OC)cc1C. The predicted molar refractivity (Wildman–Crippen MR) is 74.0 cm³/mol. The molecule has 0 bridgehead atoms. The van der Waals surface area contributed by atoms with Crippen LogP contribution in [-0.2, 0) is 0 Å². The molecule has 19 heavy (non-hydrogen) atoms.